The summed E-state index contributed by atoms with van der Waals surface area (Å²) >= 11 is 0. The number of hydrogen-bond acceptors (Lipinski definition) is 4. The van der Waals surface area contributed by atoms with Gasteiger partial charge in [-0.1, -0.05) is 35.9 Å². The third-order valence-corrected chi connectivity index (χ3v) is 5.86. The molecule has 4 rings (SSSR count). The first-order chi connectivity index (χ1) is 13.5. The van der Waals surface area contributed by atoms with Gasteiger partial charge in [-0.3, -0.25) is 14.5 Å². The van der Waals surface area contributed by atoms with Crippen LogP contribution in [0.25, 0.3) is 0 Å². The summed E-state index contributed by atoms with van der Waals surface area (Å²) in [5, 5.41) is 0. The number of aryl methyl sites for hydroxylation is 3. The Morgan fingerprint density at radius 3 is 2.07 bits per heavy atom. The largest absolute Gasteiger partial charge is 0.369 e. The Kier molecular flexibility index (Phi) is 4.94. The fourth-order valence-corrected chi connectivity index (χ4v) is 4.59. The zero-order chi connectivity index (χ0) is 19.8. The van der Waals surface area contributed by atoms with E-state index in [-0.39, 0.29) is 24.3 Å². The van der Waals surface area contributed by atoms with Gasteiger partial charge in [0.05, 0.1) is 18.2 Å². The van der Waals surface area contributed by atoms with Gasteiger partial charge in [0.15, 0.2) is 0 Å². The van der Waals surface area contributed by atoms with Crippen LogP contribution >= 0.6 is 0 Å². The number of carbonyl (C=O) groups excluding carboxylic acids is 2. The van der Waals surface area contributed by atoms with Crippen LogP contribution in [0, 0.1) is 20.8 Å². The molecule has 0 radical (unpaired) electrons. The molecule has 2 aliphatic rings. The second-order valence-electron chi connectivity index (χ2n) is 7.89. The molecule has 0 aliphatic carbocycles. The minimum Gasteiger partial charge on any atom is -0.369 e. The molecule has 2 aromatic carbocycles. The molecule has 0 spiro atoms. The number of rotatable bonds is 3. The number of piperazine rings is 1. The number of anilines is 2. The Morgan fingerprint density at radius 2 is 1.46 bits per heavy atom. The van der Waals surface area contributed by atoms with Crippen molar-refractivity contribution in [3.05, 3.63) is 59.2 Å². The molecule has 2 amide bonds. The summed E-state index contributed by atoms with van der Waals surface area (Å²) in [6.45, 7) is 9.29. The first-order valence-electron chi connectivity index (χ1n) is 9.94. The zero-order valence-corrected chi connectivity index (χ0v) is 16.8. The lowest BCUT2D eigenvalue weighted by molar-refractivity contribution is -0.123. The average Bonchev–Trinajstić information content (AvgIpc) is 2.97. The Bertz CT molecular complexity index is 878. The number of carbonyl (C=O) groups is 2. The zero-order valence-electron chi connectivity index (χ0n) is 16.8. The van der Waals surface area contributed by atoms with Crippen LogP contribution in [-0.2, 0) is 9.59 Å². The van der Waals surface area contributed by atoms with Crippen LogP contribution in [0.1, 0.15) is 23.1 Å². The average molecular weight is 377 g/mol. The van der Waals surface area contributed by atoms with Crippen molar-refractivity contribution < 1.29 is 9.59 Å². The predicted molar refractivity (Wildman–Crippen MR) is 112 cm³/mol. The van der Waals surface area contributed by atoms with Crippen molar-refractivity contribution in [3.8, 4) is 0 Å². The van der Waals surface area contributed by atoms with E-state index in [1.165, 1.54) is 10.6 Å². The van der Waals surface area contributed by atoms with Crippen LogP contribution in [-0.4, -0.2) is 48.9 Å². The summed E-state index contributed by atoms with van der Waals surface area (Å²) in [4.78, 5) is 31.9. The summed E-state index contributed by atoms with van der Waals surface area (Å²) in [6.07, 6.45) is 0.275. The van der Waals surface area contributed by atoms with E-state index in [2.05, 4.69) is 21.9 Å². The van der Waals surface area contributed by atoms with Crippen LogP contribution < -0.4 is 9.80 Å². The summed E-state index contributed by atoms with van der Waals surface area (Å²) in [5.41, 5.74) is 5.09. The van der Waals surface area contributed by atoms with Crippen LogP contribution in [0.4, 0.5) is 11.4 Å². The molecular formula is C23H27N3O2. The first kappa shape index (κ1) is 18.7. The number of amides is 2. The standard InChI is InChI=1S/C23H27N3O2/c1-16-13-17(2)22(18(3)14-16)26-21(27)15-20(23(26)28)25-11-9-24(10-12-25)19-7-5-4-6-8-19/h4-8,13-14,20H,9-12,15H2,1-3H3/t20-/m0/s1. The second-order valence-corrected chi connectivity index (χ2v) is 7.89. The fraction of sp³-hybridized carbons (Fsp3) is 0.391. The molecule has 28 heavy (non-hydrogen) atoms. The van der Waals surface area contributed by atoms with Gasteiger partial charge in [0, 0.05) is 31.9 Å². The SMILES string of the molecule is Cc1cc(C)c(N2C(=O)C[C@H](N3CCN(c4ccccc4)CC3)C2=O)c(C)c1. The van der Waals surface area contributed by atoms with Crippen molar-refractivity contribution >= 4 is 23.2 Å². The fourth-order valence-electron chi connectivity index (χ4n) is 4.59. The molecule has 0 unspecified atom stereocenters. The molecule has 0 aromatic heterocycles. The van der Waals surface area contributed by atoms with Crippen LogP contribution in [0.3, 0.4) is 0 Å². The maximum absolute atomic E-state index is 13.2. The van der Waals surface area contributed by atoms with Crippen LogP contribution in [0.5, 0.6) is 0 Å². The lowest BCUT2D eigenvalue weighted by Gasteiger charge is -2.38. The minimum atomic E-state index is -0.342. The first-order valence-corrected chi connectivity index (χ1v) is 9.94. The van der Waals surface area contributed by atoms with E-state index in [1.54, 1.807) is 0 Å². The molecule has 0 N–H and O–H groups in total. The van der Waals surface area contributed by atoms with Gasteiger partial charge in [0.2, 0.25) is 5.91 Å². The molecule has 146 valence electrons. The van der Waals surface area contributed by atoms with E-state index in [0.29, 0.717) is 0 Å². The molecule has 5 nitrogen and oxygen atoms in total. The highest BCUT2D eigenvalue weighted by Crippen LogP contribution is 2.32. The number of imide groups is 1. The Hall–Kier alpha value is -2.66. The molecule has 2 saturated heterocycles. The molecule has 0 saturated carbocycles. The molecule has 5 heteroatoms. The molecule has 2 aromatic rings. The van der Waals surface area contributed by atoms with Crippen LogP contribution in [0.2, 0.25) is 0 Å². The highest BCUT2D eigenvalue weighted by atomic mass is 16.2. The van der Waals surface area contributed by atoms with E-state index in [9.17, 15) is 9.59 Å². The summed E-state index contributed by atoms with van der Waals surface area (Å²) in [6, 6.07) is 14.1. The summed E-state index contributed by atoms with van der Waals surface area (Å²) in [5.74, 6) is -0.163. The third kappa shape index (κ3) is 3.31. The van der Waals surface area contributed by atoms with E-state index >= 15 is 0 Å². The van der Waals surface area contributed by atoms with E-state index < -0.39 is 0 Å². The maximum Gasteiger partial charge on any atom is 0.251 e. The van der Waals surface area contributed by atoms with Crippen molar-refractivity contribution in [1.82, 2.24) is 4.90 Å². The Labute approximate surface area is 166 Å². The van der Waals surface area contributed by atoms with Crippen molar-refractivity contribution in [1.29, 1.82) is 0 Å². The highest BCUT2D eigenvalue weighted by molar-refractivity contribution is 6.23. The van der Waals surface area contributed by atoms with Gasteiger partial charge in [-0.05, 0) is 44.0 Å². The van der Waals surface area contributed by atoms with Gasteiger partial charge < -0.3 is 4.90 Å². The molecule has 2 fully saturated rings. The normalized spacial score (nSPS) is 20.9. The Balaban J connectivity index is 1.50. The lowest BCUT2D eigenvalue weighted by atomic mass is 10.0. The number of benzene rings is 2. The van der Waals surface area contributed by atoms with Crippen molar-refractivity contribution in [3.63, 3.8) is 0 Å². The minimum absolute atomic E-state index is 0.0757. The molecule has 2 heterocycles. The maximum atomic E-state index is 13.2. The molecule has 0 bridgehead atoms. The van der Waals surface area contributed by atoms with Crippen molar-refractivity contribution in [2.75, 3.05) is 36.0 Å². The number of hydrogen-bond donors (Lipinski definition) is 0. The highest BCUT2D eigenvalue weighted by Gasteiger charge is 2.44. The van der Waals surface area contributed by atoms with Gasteiger partial charge in [0.25, 0.3) is 5.91 Å². The second kappa shape index (κ2) is 7.40. The molecular weight excluding hydrogens is 350 g/mol. The van der Waals surface area contributed by atoms with Crippen molar-refractivity contribution in [2.24, 2.45) is 0 Å². The van der Waals surface area contributed by atoms with E-state index in [0.717, 1.165) is 48.6 Å². The van der Waals surface area contributed by atoms with Gasteiger partial charge in [-0.15, -0.1) is 0 Å². The van der Waals surface area contributed by atoms with Gasteiger partial charge in [0.1, 0.15) is 0 Å². The molecule has 1 atom stereocenters. The van der Waals surface area contributed by atoms with Crippen LogP contribution in [0.15, 0.2) is 42.5 Å². The monoisotopic (exact) mass is 377 g/mol. The number of nitrogens with zero attached hydrogens (tertiary/aromatic N) is 3. The Morgan fingerprint density at radius 1 is 0.857 bits per heavy atom. The van der Waals surface area contributed by atoms with Gasteiger partial charge >= 0.3 is 0 Å². The predicted octanol–water partition coefficient (Wildman–Crippen LogP) is 3.07. The number of para-hydroxylation sites is 1. The summed E-state index contributed by atoms with van der Waals surface area (Å²) in [7, 11) is 0. The molecule has 2 aliphatic heterocycles. The van der Waals surface area contributed by atoms with Gasteiger partial charge in [-0.2, -0.15) is 0 Å². The van der Waals surface area contributed by atoms with E-state index in [4.69, 9.17) is 0 Å². The van der Waals surface area contributed by atoms with Crippen molar-refractivity contribution in [2.45, 2.75) is 33.2 Å². The quantitative estimate of drug-likeness (QED) is 0.771. The topological polar surface area (TPSA) is 43.9 Å². The smallest absolute Gasteiger partial charge is 0.251 e. The lowest BCUT2D eigenvalue weighted by Crippen LogP contribution is -2.52. The third-order valence-electron chi connectivity index (χ3n) is 5.86. The van der Waals surface area contributed by atoms with E-state index in [1.807, 2.05) is 51.1 Å². The summed E-state index contributed by atoms with van der Waals surface area (Å²) < 4.78 is 0. The van der Waals surface area contributed by atoms with Gasteiger partial charge in [-0.25, -0.2) is 4.90 Å².